The minimum atomic E-state index is -0.191. The Hall–Kier alpha value is -1.07. The van der Waals surface area contributed by atoms with Crippen LogP contribution in [0, 0.1) is 11.8 Å². The lowest BCUT2D eigenvalue weighted by Gasteiger charge is -2.09. The first-order chi connectivity index (χ1) is 8.16. The summed E-state index contributed by atoms with van der Waals surface area (Å²) in [6.07, 6.45) is 0. The standard InChI is InChI=1S/C12H13BrN2O2/c13-6-1-2-10(16)7(3-6)12(17)15-11-8-4-14-5-9(8)11/h1-3,8-9,11,14,16H,4-5H2,(H,15,17). The molecule has 3 N–H and O–H groups in total. The maximum Gasteiger partial charge on any atom is 0.255 e. The number of piperidine rings is 1. The van der Waals surface area contributed by atoms with Crippen LogP contribution in [-0.2, 0) is 0 Å². The molecule has 90 valence electrons. The average molecular weight is 297 g/mol. The fraction of sp³-hybridized carbons (Fsp3) is 0.417. The van der Waals surface area contributed by atoms with Crippen LogP contribution in [0.25, 0.3) is 0 Å². The number of aromatic hydroxyl groups is 1. The predicted molar refractivity (Wildman–Crippen MR) is 66.9 cm³/mol. The van der Waals surface area contributed by atoms with Crippen molar-refractivity contribution in [3.05, 3.63) is 28.2 Å². The van der Waals surface area contributed by atoms with Gasteiger partial charge in [-0.2, -0.15) is 0 Å². The van der Waals surface area contributed by atoms with Gasteiger partial charge in [-0.15, -0.1) is 0 Å². The third-order valence-electron chi connectivity index (χ3n) is 3.59. The van der Waals surface area contributed by atoms with Gasteiger partial charge in [-0.1, -0.05) is 15.9 Å². The molecule has 2 fully saturated rings. The maximum atomic E-state index is 12.0. The van der Waals surface area contributed by atoms with Crippen molar-refractivity contribution in [3.8, 4) is 5.75 Å². The number of fused-ring (bicyclic) bond motifs is 1. The Morgan fingerprint density at radius 2 is 2.12 bits per heavy atom. The molecule has 1 amide bonds. The molecule has 1 saturated heterocycles. The monoisotopic (exact) mass is 296 g/mol. The van der Waals surface area contributed by atoms with E-state index >= 15 is 0 Å². The minimum absolute atomic E-state index is 0.0228. The van der Waals surface area contributed by atoms with Gasteiger partial charge in [0.1, 0.15) is 5.75 Å². The lowest BCUT2D eigenvalue weighted by Crippen LogP contribution is -2.32. The van der Waals surface area contributed by atoms with E-state index < -0.39 is 0 Å². The first kappa shape index (κ1) is 11.0. The quantitative estimate of drug-likeness (QED) is 0.766. The molecule has 1 heterocycles. The predicted octanol–water partition coefficient (Wildman–Crippen LogP) is 1.10. The molecule has 1 aliphatic heterocycles. The minimum Gasteiger partial charge on any atom is -0.507 e. The van der Waals surface area contributed by atoms with E-state index in [1.54, 1.807) is 12.1 Å². The molecule has 2 aliphatic rings. The number of hydrogen-bond acceptors (Lipinski definition) is 3. The third kappa shape index (κ3) is 1.93. The molecule has 5 heteroatoms. The summed E-state index contributed by atoms with van der Waals surface area (Å²) in [6.45, 7) is 1.97. The second-order valence-corrected chi connectivity index (χ2v) is 5.56. The first-order valence-corrected chi connectivity index (χ1v) is 6.46. The van der Waals surface area contributed by atoms with Gasteiger partial charge in [-0.3, -0.25) is 4.79 Å². The molecule has 4 nitrogen and oxygen atoms in total. The number of carbonyl (C=O) groups is 1. The van der Waals surface area contributed by atoms with Crippen LogP contribution >= 0.6 is 15.9 Å². The average Bonchev–Trinajstić information content (AvgIpc) is 2.76. The number of carbonyl (C=O) groups excluding carboxylic acids is 1. The molecule has 1 aromatic carbocycles. The van der Waals surface area contributed by atoms with Crippen molar-refractivity contribution in [1.29, 1.82) is 0 Å². The van der Waals surface area contributed by atoms with Crippen LogP contribution in [0.3, 0.4) is 0 Å². The van der Waals surface area contributed by atoms with Crippen LogP contribution in [0.4, 0.5) is 0 Å². The van der Waals surface area contributed by atoms with Gasteiger partial charge in [0.15, 0.2) is 0 Å². The highest BCUT2D eigenvalue weighted by atomic mass is 79.9. The van der Waals surface area contributed by atoms with E-state index in [2.05, 4.69) is 26.6 Å². The molecule has 1 aliphatic carbocycles. The van der Waals surface area contributed by atoms with Gasteiger partial charge in [-0.25, -0.2) is 0 Å². The van der Waals surface area contributed by atoms with Crippen molar-refractivity contribution in [2.45, 2.75) is 6.04 Å². The van der Waals surface area contributed by atoms with E-state index in [1.807, 2.05) is 0 Å². The highest BCUT2D eigenvalue weighted by Crippen LogP contribution is 2.41. The second-order valence-electron chi connectivity index (χ2n) is 4.65. The van der Waals surface area contributed by atoms with Gasteiger partial charge < -0.3 is 15.7 Å². The molecule has 3 rings (SSSR count). The molecular formula is C12H13BrN2O2. The highest BCUT2D eigenvalue weighted by molar-refractivity contribution is 9.10. The molecule has 17 heavy (non-hydrogen) atoms. The van der Waals surface area contributed by atoms with Crippen LogP contribution < -0.4 is 10.6 Å². The van der Waals surface area contributed by atoms with E-state index in [4.69, 9.17) is 0 Å². The lowest BCUT2D eigenvalue weighted by atomic mass is 10.2. The molecule has 0 spiro atoms. The summed E-state index contributed by atoms with van der Waals surface area (Å²) in [7, 11) is 0. The summed E-state index contributed by atoms with van der Waals surface area (Å²) in [5, 5.41) is 15.9. The fourth-order valence-corrected chi connectivity index (χ4v) is 2.91. The Morgan fingerprint density at radius 3 is 2.82 bits per heavy atom. The summed E-state index contributed by atoms with van der Waals surface area (Å²) < 4.78 is 0.790. The van der Waals surface area contributed by atoms with Crippen molar-refractivity contribution < 1.29 is 9.90 Å². The summed E-state index contributed by atoms with van der Waals surface area (Å²) in [4.78, 5) is 12.0. The Kier molecular flexibility index (Phi) is 2.60. The van der Waals surface area contributed by atoms with Crippen molar-refractivity contribution in [1.82, 2.24) is 10.6 Å². The van der Waals surface area contributed by atoms with Gasteiger partial charge in [0, 0.05) is 23.6 Å². The molecule has 1 aromatic rings. The van der Waals surface area contributed by atoms with Crippen molar-refractivity contribution in [2.75, 3.05) is 13.1 Å². The number of hydrogen-bond donors (Lipinski definition) is 3. The number of phenolic OH excluding ortho intramolecular Hbond substituents is 1. The Morgan fingerprint density at radius 1 is 1.41 bits per heavy atom. The third-order valence-corrected chi connectivity index (χ3v) is 4.09. The summed E-state index contributed by atoms with van der Waals surface area (Å²) in [6, 6.07) is 5.15. The smallest absolute Gasteiger partial charge is 0.255 e. The van der Waals surface area contributed by atoms with Crippen LogP contribution in [0.2, 0.25) is 0 Å². The largest absolute Gasteiger partial charge is 0.507 e. The van der Waals surface area contributed by atoms with Crippen molar-refractivity contribution >= 4 is 21.8 Å². The zero-order valence-corrected chi connectivity index (χ0v) is 10.7. The van der Waals surface area contributed by atoms with Crippen LogP contribution in [0.5, 0.6) is 5.75 Å². The second kappa shape index (κ2) is 3.99. The number of benzene rings is 1. The van der Waals surface area contributed by atoms with E-state index in [0.717, 1.165) is 17.6 Å². The molecule has 0 aromatic heterocycles. The van der Waals surface area contributed by atoms with E-state index in [-0.39, 0.29) is 17.7 Å². The SMILES string of the molecule is O=C(NC1C2CNCC21)c1cc(Br)ccc1O. The molecule has 2 unspecified atom stereocenters. The number of rotatable bonds is 2. The molecule has 0 radical (unpaired) electrons. The normalized spacial score (nSPS) is 29.8. The zero-order chi connectivity index (χ0) is 12.0. The van der Waals surface area contributed by atoms with Gasteiger partial charge in [-0.05, 0) is 30.0 Å². The number of halogens is 1. The van der Waals surface area contributed by atoms with E-state index in [1.165, 1.54) is 6.07 Å². The lowest BCUT2D eigenvalue weighted by molar-refractivity contribution is 0.0944. The summed E-state index contributed by atoms with van der Waals surface area (Å²) in [5.41, 5.74) is 0.331. The molecular weight excluding hydrogens is 284 g/mol. The van der Waals surface area contributed by atoms with E-state index in [9.17, 15) is 9.90 Å². The van der Waals surface area contributed by atoms with Gasteiger partial charge in [0.05, 0.1) is 5.56 Å². The molecule has 1 saturated carbocycles. The van der Waals surface area contributed by atoms with Crippen LogP contribution in [0.1, 0.15) is 10.4 Å². The summed E-state index contributed by atoms with van der Waals surface area (Å²) in [5.74, 6) is 0.985. The highest BCUT2D eigenvalue weighted by Gasteiger charge is 2.53. The molecule has 0 bridgehead atoms. The Bertz CT molecular complexity index is 468. The first-order valence-electron chi connectivity index (χ1n) is 5.67. The molecule has 2 atom stereocenters. The Labute approximate surface area is 108 Å². The van der Waals surface area contributed by atoms with Gasteiger partial charge in [0.25, 0.3) is 5.91 Å². The van der Waals surface area contributed by atoms with Crippen LogP contribution in [-0.4, -0.2) is 30.1 Å². The van der Waals surface area contributed by atoms with Gasteiger partial charge >= 0.3 is 0 Å². The van der Waals surface area contributed by atoms with Crippen LogP contribution in [0.15, 0.2) is 22.7 Å². The number of nitrogens with one attached hydrogen (secondary N) is 2. The van der Waals surface area contributed by atoms with Crippen molar-refractivity contribution in [2.24, 2.45) is 11.8 Å². The van der Waals surface area contributed by atoms with Crippen molar-refractivity contribution in [3.63, 3.8) is 0 Å². The van der Waals surface area contributed by atoms with E-state index in [0.29, 0.717) is 17.4 Å². The fourth-order valence-electron chi connectivity index (χ4n) is 2.55. The maximum absolute atomic E-state index is 12.0. The summed E-state index contributed by atoms with van der Waals surface area (Å²) >= 11 is 3.29. The Balaban J connectivity index is 1.72. The number of phenols is 1. The topological polar surface area (TPSA) is 61.4 Å². The van der Waals surface area contributed by atoms with Gasteiger partial charge in [0.2, 0.25) is 0 Å². The number of amides is 1. The zero-order valence-electron chi connectivity index (χ0n) is 9.11.